The van der Waals surface area contributed by atoms with E-state index in [1.54, 1.807) is 67.5 Å². The number of nitrogens with one attached hydrogen (secondary N) is 1. The van der Waals surface area contributed by atoms with Crippen LogP contribution in [0.2, 0.25) is 5.02 Å². The molecule has 1 N–H and O–H groups in total. The van der Waals surface area contributed by atoms with E-state index in [2.05, 4.69) is 22.1 Å². The Balaban J connectivity index is 1.36. The summed E-state index contributed by atoms with van der Waals surface area (Å²) in [5, 5.41) is 3.31. The molecule has 2 heterocycles. The smallest absolute Gasteiger partial charge is 0.296 e. The van der Waals surface area contributed by atoms with Crippen LogP contribution in [-0.4, -0.2) is 56.3 Å². The minimum atomic E-state index is -3.97. The van der Waals surface area contributed by atoms with Gasteiger partial charge < -0.3 is 10.2 Å². The Labute approximate surface area is 275 Å². The molecule has 8 nitrogen and oxygen atoms in total. The lowest BCUT2D eigenvalue weighted by Gasteiger charge is -2.23. The maximum Gasteiger partial charge on any atom is 0.296 e. The molecule has 0 saturated carbocycles. The summed E-state index contributed by atoms with van der Waals surface area (Å²) in [4.78, 5) is 32.6. The van der Waals surface area contributed by atoms with Crippen molar-refractivity contribution in [3.63, 3.8) is 0 Å². The largest absolute Gasteiger partial charge is 0.341 e. The van der Waals surface area contributed by atoms with E-state index in [1.165, 1.54) is 7.05 Å². The van der Waals surface area contributed by atoms with Crippen molar-refractivity contribution in [2.75, 3.05) is 24.4 Å². The van der Waals surface area contributed by atoms with Crippen molar-refractivity contribution < 1.29 is 18.0 Å². The molecule has 1 fully saturated rings. The molecule has 46 heavy (non-hydrogen) atoms. The van der Waals surface area contributed by atoms with Gasteiger partial charge in [-0.05, 0) is 90.9 Å². The number of rotatable bonds is 8. The maximum absolute atomic E-state index is 13.6. The van der Waals surface area contributed by atoms with Crippen molar-refractivity contribution in [2.45, 2.75) is 44.0 Å². The van der Waals surface area contributed by atoms with E-state index in [1.807, 2.05) is 36.4 Å². The predicted octanol–water partition coefficient (Wildman–Crippen LogP) is 5.55. The van der Waals surface area contributed by atoms with Gasteiger partial charge in [0.05, 0.1) is 10.6 Å². The van der Waals surface area contributed by atoms with Crippen LogP contribution < -0.4 is 9.62 Å². The van der Waals surface area contributed by atoms with Crippen molar-refractivity contribution >= 4 is 39.1 Å². The number of benzene rings is 3. The number of aryl methyl sites for hydroxylation is 2. The van der Waals surface area contributed by atoms with E-state index in [-0.39, 0.29) is 10.8 Å². The summed E-state index contributed by atoms with van der Waals surface area (Å²) in [6.45, 7) is 4.74. The lowest BCUT2D eigenvalue weighted by molar-refractivity contribution is -0.134. The number of anilines is 1. The van der Waals surface area contributed by atoms with Crippen LogP contribution in [0, 0.1) is 25.7 Å². The Bertz CT molecular complexity index is 1910. The third-order valence-corrected chi connectivity index (χ3v) is 10.4. The number of hydrogen-bond donors (Lipinski definition) is 1. The quantitative estimate of drug-likeness (QED) is 0.252. The molecule has 0 radical (unpaired) electrons. The van der Waals surface area contributed by atoms with Crippen molar-refractivity contribution in [3.05, 3.63) is 112 Å². The third-order valence-electron chi connectivity index (χ3n) is 8.08. The van der Waals surface area contributed by atoms with Gasteiger partial charge in [0.15, 0.2) is 0 Å². The highest BCUT2D eigenvalue weighted by Crippen LogP contribution is 2.30. The summed E-state index contributed by atoms with van der Waals surface area (Å²) in [5.74, 6) is 4.65. The minimum absolute atomic E-state index is 0.134. The van der Waals surface area contributed by atoms with Gasteiger partial charge in [-0.15, -0.1) is 0 Å². The summed E-state index contributed by atoms with van der Waals surface area (Å²) >= 11 is 6.21. The van der Waals surface area contributed by atoms with Gasteiger partial charge in [-0.25, -0.2) is 8.42 Å². The number of sulfonamides is 1. The first kappa shape index (κ1) is 32.7. The van der Waals surface area contributed by atoms with Gasteiger partial charge in [-0.3, -0.25) is 18.9 Å². The Morgan fingerprint density at radius 3 is 2.30 bits per heavy atom. The molecule has 1 saturated heterocycles. The average Bonchev–Trinajstić information content (AvgIpc) is 3.60. The van der Waals surface area contributed by atoms with Crippen LogP contribution >= 0.6 is 11.6 Å². The van der Waals surface area contributed by atoms with Crippen molar-refractivity contribution in [2.24, 2.45) is 0 Å². The zero-order valence-electron chi connectivity index (χ0n) is 26.0. The SMILES string of the molecule is Cc1cc(S(=O)(=O)N(C)c2ccccc2C#CC(=O)N[C@H](Cc2ccc(-c3ccncc3)cc2)C(=O)N2CCCC2)c(C)cc1Cl. The summed E-state index contributed by atoms with van der Waals surface area (Å²) in [5.41, 5.74) is 4.78. The zero-order chi connectivity index (χ0) is 32.8. The van der Waals surface area contributed by atoms with Crippen LogP contribution in [0.15, 0.2) is 90.1 Å². The Hall–Kier alpha value is -4.65. The lowest BCUT2D eigenvalue weighted by Crippen LogP contribution is -2.48. The number of carbonyl (C=O) groups excluding carboxylic acids is 2. The minimum Gasteiger partial charge on any atom is -0.341 e. The molecule has 4 aromatic rings. The summed E-state index contributed by atoms with van der Waals surface area (Å²) in [7, 11) is -2.52. The molecule has 236 valence electrons. The monoisotopic (exact) mass is 654 g/mol. The predicted molar refractivity (Wildman–Crippen MR) is 181 cm³/mol. The van der Waals surface area contributed by atoms with Gasteiger partial charge >= 0.3 is 0 Å². The second kappa shape index (κ2) is 14.2. The number of para-hydroxylation sites is 1. The molecule has 0 unspecified atom stereocenters. The number of amides is 2. The fourth-order valence-electron chi connectivity index (χ4n) is 5.45. The van der Waals surface area contributed by atoms with E-state index in [0.29, 0.717) is 46.9 Å². The Morgan fingerprint density at radius 2 is 1.61 bits per heavy atom. The van der Waals surface area contributed by atoms with Gasteiger partial charge in [0.1, 0.15) is 6.04 Å². The molecule has 1 atom stereocenters. The molecule has 0 spiro atoms. The first-order chi connectivity index (χ1) is 22.0. The van der Waals surface area contributed by atoms with Gasteiger partial charge in [-0.1, -0.05) is 53.9 Å². The molecule has 0 bridgehead atoms. The van der Waals surface area contributed by atoms with E-state index >= 15 is 0 Å². The molecule has 3 aromatic carbocycles. The van der Waals surface area contributed by atoms with Crippen LogP contribution in [0.25, 0.3) is 11.1 Å². The van der Waals surface area contributed by atoms with Gasteiger partial charge in [-0.2, -0.15) is 0 Å². The van der Waals surface area contributed by atoms with E-state index < -0.39 is 22.0 Å². The van der Waals surface area contributed by atoms with E-state index in [0.717, 1.165) is 33.8 Å². The molecular weight excluding hydrogens is 620 g/mol. The second-order valence-corrected chi connectivity index (χ2v) is 13.6. The summed E-state index contributed by atoms with van der Waals surface area (Å²) < 4.78 is 28.4. The second-order valence-electron chi connectivity index (χ2n) is 11.3. The molecule has 5 rings (SSSR count). The number of likely N-dealkylation sites (tertiary alicyclic amines) is 1. The normalized spacial score (nSPS) is 13.4. The van der Waals surface area contributed by atoms with Crippen LogP contribution in [0.4, 0.5) is 5.69 Å². The summed E-state index contributed by atoms with van der Waals surface area (Å²) in [6, 6.07) is 20.8. The van der Waals surface area contributed by atoms with Crippen LogP contribution in [0.1, 0.15) is 35.1 Å². The highest BCUT2D eigenvalue weighted by Gasteiger charge is 2.28. The van der Waals surface area contributed by atoms with Gasteiger partial charge in [0.2, 0.25) is 5.91 Å². The standard InChI is InChI=1S/C36H35ClN4O4S/c1-25-23-34(26(2)22-31(25)37)46(44,45)40(3)33-9-5-4-8-30(33)14-15-35(42)39-32(36(43)41-20-6-7-21-41)24-27-10-12-28(13-11-27)29-16-18-38-19-17-29/h4-5,8-13,16-19,22-23,32H,6-7,20-21,24H2,1-3H3,(H,39,42)/t32-/m1/s1. The summed E-state index contributed by atoms with van der Waals surface area (Å²) in [6.07, 6.45) is 5.63. The number of carbonyl (C=O) groups is 2. The van der Waals surface area contributed by atoms with Gasteiger partial charge in [0, 0.05) is 55.5 Å². The first-order valence-electron chi connectivity index (χ1n) is 15.0. The Morgan fingerprint density at radius 1 is 0.957 bits per heavy atom. The maximum atomic E-state index is 13.6. The molecule has 1 aliphatic heterocycles. The molecule has 0 aliphatic carbocycles. The molecular formula is C36H35ClN4O4S. The fraction of sp³-hybridized carbons (Fsp3) is 0.250. The van der Waals surface area contributed by atoms with Crippen LogP contribution in [0.3, 0.4) is 0 Å². The molecule has 1 aromatic heterocycles. The van der Waals surface area contributed by atoms with E-state index in [4.69, 9.17) is 11.6 Å². The highest BCUT2D eigenvalue weighted by atomic mass is 35.5. The third kappa shape index (κ3) is 7.41. The van der Waals surface area contributed by atoms with Crippen LogP contribution in [-0.2, 0) is 26.0 Å². The Kier molecular flexibility index (Phi) is 10.1. The highest BCUT2D eigenvalue weighted by molar-refractivity contribution is 7.92. The molecule has 2 amide bonds. The van der Waals surface area contributed by atoms with Crippen LogP contribution in [0.5, 0.6) is 0 Å². The first-order valence-corrected chi connectivity index (χ1v) is 16.8. The number of nitrogens with zero attached hydrogens (tertiary/aromatic N) is 3. The van der Waals surface area contributed by atoms with Crippen molar-refractivity contribution in [1.29, 1.82) is 0 Å². The number of hydrogen-bond acceptors (Lipinski definition) is 5. The fourth-order valence-corrected chi connectivity index (χ4v) is 7.18. The van der Waals surface area contributed by atoms with Gasteiger partial charge in [0.25, 0.3) is 15.9 Å². The number of aromatic nitrogens is 1. The molecule has 1 aliphatic rings. The zero-order valence-corrected chi connectivity index (χ0v) is 27.5. The lowest BCUT2D eigenvalue weighted by atomic mass is 10.0. The van der Waals surface area contributed by atoms with Crippen molar-refractivity contribution in [1.82, 2.24) is 15.2 Å². The number of halogens is 1. The topological polar surface area (TPSA) is 99.7 Å². The van der Waals surface area contributed by atoms with Crippen molar-refractivity contribution in [3.8, 4) is 23.0 Å². The number of pyridine rings is 1. The van der Waals surface area contributed by atoms with E-state index in [9.17, 15) is 18.0 Å². The molecule has 10 heteroatoms. The average molecular weight is 655 g/mol.